The molecule has 0 aromatic heterocycles. The average Bonchev–Trinajstić information content (AvgIpc) is 2.51. The number of hydrogen-bond acceptors (Lipinski definition) is 6. The molecular weight excluding hydrogens is 276 g/mol. The van der Waals surface area contributed by atoms with Gasteiger partial charge >= 0.3 is 0 Å². The number of amides is 1. The predicted molar refractivity (Wildman–Crippen MR) is 77.3 cm³/mol. The van der Waals surface area contributed by atoms with Crippen molar-refractivity contribution in [1.82, 2.24) is 5.32 Å². The highest BCUT2D eigenvalue weighted by Gasteiger charge is 2.24. The summed E-state index contributed by atoms with van der Waals surface area (Å²) in [5.41, 5.74) is -1.25. The summed E-state index contributed by atoms with van der Waals surface area (Å²) in [5.74, 6) is -0.842. The second kappa shape index (κ2) is 5.66. The molecule has 21 heavy (non-hydrogen) atoms. The Morgan fingerprint density at radius 2 is 2.00 bits per heavy atom. The fraction of sp³-hybridized carbons (Fsp3) is 0.214. The third-order valence-electron chi connectivity index (χ3n) is 2.92. The number of hydrogen-bond donors (Lipinski definition) is 3. The molecule has 0 spiro atoms. The van der Waals surface area contributed by atoms with E-state index in [1.807, 2.05) is 0 Å². The summed E-state index contributed by atoms with van der Waals surface area (Å²) in [5, 5.41) is 15.1. The van der Waals surface area contributed by atoms with Gasteiger partial charge in [-0.3, -0.25) is 14.4 Å². The molecule has 0 radical (unpaired) electrons. The van der Waals surface area contributed by atoms with Gasteiger partial charge in [-0.15, -0.1) is 0 Å². The maximum Gasteiger partial charge on any atom is 0.272 e. The third-order valence-corrected chi connectivity index (χ3v) is 2.92. The molecule has 0 saturated carbocycles. The molecule has 0 unspecified atom stereocenters. The highest BCUT2D eigenvalue weighted by molar-refractivity contribution is 5.98. The van der Waals surface area contributed by atoms with E-state index in [1.54, 1.807) is 13.0 Å². The number of carbonyl (C=O) groups excluding carboxylic acids is 1. The third kappa shape index (κ3) is 2.45. The molecule has 0 aliphatic heterocycles. The van der Waals surface area contributed by atoms with Crippen LogP contribution in [0.15, 0.2) is 27.8 Å². The van der Waals surface area contributed by atoms with Crippen molar-refractivity contribution in [3.63, 3.8) is 0 Å². The largest absolute Gasteiger partial charge is 0.505 e. The van der Waals surface area contributed by atoms with Gasteiger partial charge < -0.3 is 20.5 Å². The van der Waals surface area contributed by atoms with Crippen LogP contribution in [0.5, 0.6) is 11.5 Å². The second-order valence-corrected chi connectivity index (χ2v) is 4.20. The van der Waals surface area contributed by atoms with Crippen LogP contribution in [-0.4, -0.2) is 24.7 Å². The van der Waals surface area contributed by atoms with Crippen LogP contribution in [0.3, 0.4) is 0 Å². The zero-order valence-corrected chi connectivity index (χ0v) is 11.5. The molecule has 110 valence electrons. The lowest BCUT2D eigenvalue weighted by molar-refractivity contribution is 0.0960. The number of carbonyl (C=O) groups is 1. The van der Waals surface area contributed by atoms with Crippen molar-refractivity contribution in [3.8, 4) is 11.5 Å². The van der Waals surface area contributed by atoms with E-state index in [2.05, 4.69) is 10.6 Å². The Kier molecular flexibility index (Phi) is 3.93. The van der Waals surface area contributed by atoms with Gasteiger partial charge in [-0.05, 0) is 19.1 Å². The molecule has 7 heteroatoms. The summed E-state index contributed by atoms with van der Waals surface area (Å²) in [6.07, 6.45) is 0. The van der Waals surface area contributed by atoms with E-state index >= 15 is 0 Å². The van der Waals surface area contributed by atoms with Crippen molar-refractivity contribution in [1.29, 1.82) is 0 Å². The van der Waals surface area contributed by atoms with Crippen LogP contribution >= 0.6 is 0 Å². The smallest absolute Gasteiger partial charge is 0.272 e. The molecule has 2 rings (SSSR count). The fourth-order valence-corrected chi connectivity index (χ4v) is 1.86. The van der Waals surface area contributed by atoms with E-state index in [1.165, 1.54) is 19.2 Å². The number of ether oxygens (including phenoxy) is 1. The van der Waals surface area contributed by atoms with Crippen LogP contribution in [0.25, 0.3) is 0 Å². The fourth-order valence-electron chi connectivity index (χ4n) is 1.86. The Labute approximate surface area is 119 Å². The number of para-hydroxylation sites is 1. The zero-order chi connectivity index (χ0) is 15.6. The number of phenolic OH excluding ortho intramolecular Hbond substituents is 1. The van der Waals surface area contributed by atoms with E-state index in [9.17, 15) is 19.5 Å². The van der Waals surface area contributed by atoms with Crippen LogP contribution in [0.2, 0.25) is 0 Å². The van der Waals surface area contributed by atoms with Gasteiger partial charge in [0, 0.05) is 7.05 Å². The van der Waals surface area contributed by atoms with Crippen molar-refractivity contribution < 1.29 is 14.6 Å². The van der Waals surface area contributed by atoms with E-state index in [4.69, 9.17) is 4.74 Å². The molecule has 7 nitrogen and oxygen atoms in total. The van der Waals surface area contributed by atoms with E-state index in [-0.39, 0.29) is 35.0 Å². The number of anilines is 2. The first kappa shape index (κ1) is 14.6. The maximum atomic E-state index is 11.6. The minimum atomic E-state index is -0.719. The Morgan fingerprint density at radius 3 is 2.62 bits per heavy atom. The Morgan fingerprint density at radius 1 is 1.29 bits per heavy atom. The van der Waals surface area contributed by atoms with Gasteiger partial charge in [0.25, 0.3) is 16.8 Å². The lowest BCUT2D eigenvalue weighted by Crippen LogP contribution is -2.35. The van der Waals surface area contributed by atoms with Gasteiger partial charge in [-0.25, -0.2) is 0 Å². The van der Waals surface area contributed by atoms with Crippen molar-refractivity contribution in [2.45, 2.75) is 6.92 Å². The first-order valence-electron chi connectivity index (χ1n) is 6.28. The van der Waals surface area contributed by atoms with Gasteiger partial charge in [0.05, 0.1) is 17.9 Å². The normalized spacial score (nSPS) is 10.4. The van der Waals surface area contributed by atoms with Gasteiger partial charge in [0.2, 0.25) is 0 Å². The Bertz CT molecular complexity index is 759. The first-order chi connectivity index (χ1) is 10.0. The van der Waals surface area contributed by atoms with Crippen molar-refractivity contribution in [2.75, 3.05) is 19.0 Å². The van der Waals surface area contributed by atoms with E-state index < -0.39 is 16.8 Å². The molecule has 0 atom stereocenters. The number of phenols is 1. The van der Waals surface area contributed by atoms with Crippen LogP contribution in [0.4, 0.5) is 11.4 Å². The summed E-state index contributed by atoms with van der Waals surface area (Å²) in [4.78, 5) is 34.5. The van der Waals surface area contributed by atoms with Crippen molar-refractivity contribution in [3.05, 3.63) is 44.2 Å². The second-order valence-electron chi connectivity index (χ2n) is 4.20. The SMILES string of the molecule is CCOc1c(Nc2cccc(C(=O)NC)c2O)c(=O)c1=O. The quantitative estimate of drug-likeness (QED) is 0.547. The monoisotopic (exact) mass is 290 g/mol. The summed E-state index contributed by atoms with van der Waals surface area (Å²) >= 11 is 0. The average molecular weight is 290 g/mol. The van der Waals surface area contributed by atoms with E-state index in [0.717, 1.165) is 0 Å². The zero-order valence-electron chi connectivity index (χ0n) is 11.5. The van der Waals surface area contributed by atoms with Crippen molar-refractivity contribution >= 4 is 17.3 Å². The molecule has 2 aromatic carbocycles. The molecule has 0 fully saturated rings. The summed E-state index contributed by atoms with van der Waals surface area (Å²) in [6, 6.07) is 4.46. The minimum Gasteiger partial charge on any atom is -0.505 e. The summed E-state index contributed by atoms with van der Waals surface area (Å²) in [7, 11) is 1.44. The van der Waals surface area contributed by atoms with E-state index in [0.29, 0.717) is 0 Å². The lowest BCUT2D eigenvalue weighted by atomic mass is 10.1. The Balaban J connectivity index is 2.38. The summed E-state index contributed by atoms with van der Waals surface area (Å²) in [6.45, 7) is 1.92. The standard InChI is InChI=1S/C14H14N2O5/c1-3-21-13-9(11(18)12(13)19)16-8-6-4-5-7(10(8)17)14(20)15-2/h4-6,16-17H,3H2,1-2H3,(H,15,20). The number of nitrogens with one attached hydrogen (secondary N) is 2. The first-order valence-corrected chi connectivity index (χ1v) is 6.28. The number of benzene rings is 1. The maximum absolute atomic E-state index is 11.6. The van der Waals surface area contributed by atoms with Gasteiger partial charge in [-0.1, -0.05) is 6.07 Å². The van der Waals surface area contributed by atoms with Crippen LogP contribution in [0.1, 0.15) is 17.3 Å². The molecule has 3 N–H and O–H groups in total. The molecule has 0 heterocycles. The van der Waals surface area contributed by atoms with Crippen LogP contribution in [0, 0.1) is 0 Å². The van der Waals surface area contributed by atoms with Crippen LogP contribution in [-0.2, 0) is 0 Å². The number of aromatic hydroxyl groups is 1. The van der Waals surface area contributed by atoms with Gasteiger partial charge in [0.15, 0.2) is 11.5 Å². The topological polar surface area (TPSA) is 105 Å². The molecule has 0 aliphatic rings. The lowest BCUT2D eigenvalue weighted by Gasteiger charge is -2.15. The molecule has 2 aromatic rings. The number of rotatable bonds is 5. The minimum absolute atomic E-state index is 0.0220. The van der Waals surface area contributed by atoms with Crippen LogP contribution < -0.4 is 26.2 Å². The van der Waals surface area contributed by atoms with Gasteiger partial charge in [0.1, 0.15) is 5.69 Å². The highest BCUT2D eigenvalue weighted by Crippen LogP contribution is 2.31. The molecule has 0 saturated heterocycles. The Hall–Kier alpha value is -2.83. The highest BCUT2D eigenvalue weighted by atomic mass is 16.5. The van der Waals surface area contributed by atoms with Crippen molar-refractivity contribution in [2.24, 2.45) is 0 Å². The molecule has 0 aliphatic carbocycles. The van der Waals surface area contributed by atoms with Gasteiger partial charge in [-0.2, -0.15) is 0 Å². The summed E-state index contributed by atoms with van der Waals surface area (Å²) < 4.78 is 5.07. The molecule has 1 amide bonds. The molecular formula is C14H14N2O5. The molecule has 0 bridgehead atoms. The predicted octanol–water partition coefficient (Wildman–Crippen LogP) is 0.490.